The molecule has 0 unspecified atom stereocenters. The highest BCUT2D eigenvalue weighted by Crippen LogP contribution is 2.24. The molecule has 1 aromatic heterocycles. The van der Waals surface area contributed by atoms with Crippen LogP contribution in [0, 0.1) is 0 Å². The van der Waals surface area contributed by atoms with Crippen molar-refractivity contribution in [3.8, 4) is 0 Å². The lowest BCUT2D eigenvalue weighted by Gasteiger charge is -2.26. The Kier molecular flexibility index (Phi) is 4.27. The quantitative estimate of drug-likeness (QED) is 0.780. The Hall–Kier alpha value is -1.63. The molecule has 6 nitrogen and oxygen atoms in total. The van der Waals surface area contributed by atoms with Crippen LogP contribution in [0.5, 0.6) is 0 Å². The molecule has 0 aliphatic carbocycles. The summed E-state index contributed by atoms with van der Waals surface area (Å²) in [6, 6.07) is 0.821. The summed E-state index contributed by atoms with van der Waals surface area (Å²) in [5, 5.41) is 0. The summed E-state index contributed by atoms with van der Waals surface area (Å²) in [4.78, 5) is 38.7. The van der Waals surface area contributed by atoms with Crippen molar-refractivity contribution in [2.24, 2.45) is 0 Å². The van der Waals surface area contributed by atoms with Gasteiger partial charge in [0.15, 0.2) is 4.67 Å². The Morgan fingerprint density at radius 2 is 2.25 bits per heavy atom. The molecule has 0 bridgehead atoms. The first kappa shape index (κ1) is 14.8. The van der Waals surface area contributed by atoms with E-state index in [4.69, 9.17) is 4.42 Å². The molecule has 2 rings (SSSR count). The number of carbonyl (C=O) groups excluding carboxylic acids is 3. The number of furan rings is 1. The van der Waals surface area contributed by atoms with Gasteiger partial charge in [-0.15, -0.1) is 0 Å². The lowest BCUT2D eigenvalue weighted by molar-refractivity contribution is -0.137. The van der Waals surface area contributed by atoms with Crippen LogP contribution in [0.3, 0.4) is 0 Å². The van der Waals surface area contributed by atoms with E-state index in [1.165, 1.54) is 18.2 Å². The Morgan fingerprint density at radius 1 is 1.55 bits per heavy atom. The lowest BCUT2D eigenvalue weighted by Crippen LogP contribution is -2.45. The lowest BCUT2D eigenvalue weighted by atomic mass is 10.1. The van der Waals surface area contributed by atoms with Crippen LogP contribution in [-0.2, 0) is 9.59 Å². The van der Waals surface area contributed by atoms with Gasteiger partial charge in [0.05, 0.1) is 18.2 Å². The van der Waals surface area contributed by atoms with Crippen molar-refractivity contribution in [1.82, 2.24) is 9.80 Å². The van der Waals surface area contributed by atoms with Crippen molar-refractivity contribution >= 4 is 33.7 Å². The molecule has 0 saturated carbocycles. The third-order valence-electron chi connectivity index (χ3n) is 3.31. The van der Waals surface area contributed by atoms with E-state index in [-0.39, 0.29) is 24.1 Å². The second kappa shape index (κ2) is 5.78. The topological polar surface area (TPSA) is 70.8 Å². The van der Waals surface area contributed by atoms with Crippen LogP contribution < -0.4 is 0 Å². The molecule has 2 heterocycles. The molecule has 1 aromatic rings. The minimum Gasteiger partial charge on any atom is -0.457 e. The van der Waals surface area contributed by atoms with Gasteiger partial charge in [-0.3, -0.25) is 19.3 Å². The molecule has 1 aliphatic rings. The zero-order chi connectivity index (χ0) is 14.9. The van der Waals surface area contributed by atoms with E-state index >= 15 is 0 Å². The number of amides is 3. The second-order valence-electron chi connectivity index (χ2n) is 4.62. The van der Waals surface area contributed by atoms with Crippen LogP contribution in [0.4, 0.5) is 0 Å². The fourth-order valence-electron chi connectivity index (χ4n) is 2.22. The minimum atomic E-state index is -0.721. The summed E-state index contributed by atoms with van der Waals surface area (Å²) in [7, 11) is 1.44. The van der Waals surface area contributed by atoms with Crippen molar-refractivity contribution in [1.29, 1.82) is 0 Å². The summed E-state index contributed by atoms with van der Waals surface area (Å²) in [6.45, 7) is 2.32. The van der Waals surface area contributed by atoms with Crippen LogP contribution >= 0.6 is 15.9 Å². The second-order valence-corrected chi connectivity index (χ2v) is 5.34. The number of hydrogen-bond donors (Lipinski definition) is 0. The SMILES string of the molecule is CCCN(C(=O)c1ccoc1Br)[C@H]1CC(=O)N(C)C1=O. The first-order chi connectivity index (χ1) is 9.47. The average molecular weight is 343 g/mol. The van der Waals surface area contributed by atoms with Crippen LogP contribution in [-0.4, -0.2) is 47.2 Å². The smallest absolute Gasteiger partial charge is 0.259 e. The molecule has 0 aromatic carbocycles. The minimum absolute atomic E-state index is 0.0382. The van der Waals surface area contributed by atoms with Gasteiger partial charge in [-0.05, 0) is 28.4 Å². The number of likely N-dealkylation sites (N-methyl/N-ethyl adjacent to an activating group) is 1. The Balaban J connectivity index is 2.28. The standard InChI is InChI=1S/C13H15BrN2O4/c1-3-5-16(9-7-10(17)15(2)13(9)19)12(18)8-4-6-20-11(8)14/h4,6,9H,3,5,7H2,1-2H3/t9-/m0/s1. The van der Waals surface area contributed by atoms with Crippen molar-refractivity contribution in [3.63, 3.8) is 0 Å². The summed E-state index contributed by atoms with van der Waals surface area (Å²) in [5.41, 5.74) is 0.355. The third-order valence-corrected chi connectivity index (χ3v) is 3.92. The summed E-state index contributed by atoms with van der Waals surface area (Å²) in [5.74, 6) is -0.912. The van der Waals surface area contributed by atoms with E-state index in [2.05, 4.69) is 15.9 Å². The predicted molar refractivity (Wildman–Crippen MR) is 73.9 cm³/mol. The van der Waals surface area contributed by atoms with Gasteiger partial charge in [0, 0.05) is 13.6 Å². The summed E-state index contributed by atoms with van der Waals surface area (Å²) < 4.78 is 5.38. The van der Waals surface area contributed by atoms with Crippen LogP contribution in [0.1, 0.15) is 30.1 Å². The van der Waals surface area contributed by atoms with Gasteiger partial charge in [0.1, 0.15) is 6.04 Å². The van der Waals surface area contributed by atoms with E-state index < -0.39 is 6.04 Å². The first-order valence-corrected chi connectivity index (χ1v) is 7.11. The van der Waals surface area contributed by atoms with Gasteiger partial charge in [-0.25, -0.2) is 0 Å². The number of carbonyl (C=O) groups is 3. The van der Waals surface area contributed by atoms with Crippen molar-refractivity contribution in [2.45, 2.75) is 25.8 Å². The zero-order valence-electron chi connectivity index (χ0n) is 11.3. The number of imide groups is 1. The van der Waals surface area contributed by atoms with E-state index in [0.717, 1.165) is 4.90 Å². The molecular weight excluding hydrogens is 328 g/mol. The molecule has 1 fully saturated rings. The number of hydrogen-bond acceptors (Lipinski definition) is 4. The van der Waals surface area contributed by atoms with Crippen LogP contribution in [0.25, 0.3) is 0 Å². The maximum absolute atomic E-state index is 12.5. The molecule has 0 radical (unpaired) electrons. The van der Waals surface area contributed by atoms with Gasteiger partial charge in [0.2, 0.25) is 5.91 Å². The van der Waals surface area contributed by atoms with Crippen LogP contribution in [0.15, 0.2) is 21.4 Å². The molecule has 0 N–H and O–H groups in total. The van der Waals surface area contributed by atoms with E-state index in [1.807, 2.05) is 6.92 Å². The summed E-state index contributed by atoms with van der Waals surface area (Å²) in [6.07, 6.45) is 2.13. The highest BCUT2D eigenvalue weighted by atomic mass is 79.9. The largest absolute Gasteiger partial charge is 0.457 e. The van der Waals surface area contributed by atoms with Crippen molar-refractivity contribution in [2.75, 3.05) is 13.6 Å². The maximum atomic E-state index is 12.5. The first-order valence-electron chi connectivity index (χ1n) is 6.31. The molecule has 3 amide bonds. The number of nitrogens with zero attached hydrogens (tertiary/aromatic N) is 2. The van der Waals surface area contributed by atoms with Crippen molar-refractivity contribution < 1.29 is 18.8 Å². The maximum Gasteiger partial charge on any atom is 0.259 e. The molecule has 1 atom stereocenters. The fraction of sp³-hybridized carbons (Fsp3) is 0.462. The fourth-order valence-corrected chi connectivity index (χ4v) is 2.63. The Morgan fingerprint density at radius 3 is 2.70 bits per heavy atom. The van der Waals surface area contributed by atoms with Crippen LogP contribution in [0.2, 0.25) is 0 Å². The molecule has 1 aliphatic heterocycles. The molecule has 0 spiro atoms. The highest BCUT2D eigenvalue weighted by molar-refractivity contribution is 9.10. The van der Waals surface area contributed by atoms with E-state index in [0.29, 0.717) is 23.2 Å². The summed E-state index contributed by atoms with van der Waals surface area (Å²) >= 11 is 3.16. The molecule has 7 heteroatoms. The van der Waals surface area contributed by atoms with E-state index in [9.17, 15) is 14.4 Å². The molecule has 1 saturated heterocycles. The Labute approximate surface area is 124 Å². The Bertz CT molecular complexity index is 554. The highest BCUT2D eigenvalue weighted by Gasteiger charge is 2.42. The third kappa shape index (κ3) is 2.49. The number of halogens is 1. The van der Waals surface area contributed by atoms with Gasteiger partial charge in [-0.2, -0.15) is 0 Å². The average Bonchev–Trinajstić information content (AvgIpc) is 2.95. The molecular formula is C13H15BrN2O4. The normalized spacial score (nSPS) is 18.8. The monoisotopic (exact) mass is 342 g/mol. The van der Waals surface area contributed by atoms with Gasteiger partial charge in [0.25, 0.3) is 11.8 Å². The number of likely N-dealkylation sites (tertiary alicyclic amines) is 1. The number of rotatable bonds is 4. The van der Waals surface area contributed by atoms with Crippen molar-refractivity contribution in [3.05, 3.63) is 22.6 Å². The molecule has 108 valence electrons. The van der Waals surface area contributed by atoms with Gasteiger partial charge < -0.3 is 9.32 Å². The van der Waals surface area contributed by atoms with Gasteiger partial charge in [-0.1, -0.05) is 6.92 Å². The molecule has 20 heavy (non-hydrogen) atoms. The van der Waals surface area contributed by atoms with Gasteiger partial charge >= 0.3 is 0 Å². The van der Waals surface area contributed by atoms with E-state index in [1.54, 1.807) is 6.07 Å². The zero-order valence-corrected chi connectivity index (χ0v) is 12.8. The predicted octanol–water partition coefficient (Wildman–Crippen LogP) is 1.65.